The average molecular weight is 316 g/mol. The third kappa shape index (κ3) is 3.37. The number of aromatic nitrogens is 1. The second kappa shape index (κ2) is 6.39. The van der Waals surface area contributed by atoms with Gasteiger partial charge in [-0.05, 0) is 56.9 Å². The van der Waals surface area contributed by atoms with Crippen LogP contribution in [0.1, 0.15) is 80.5 Å². The molecule has 0 N–H and O–H groups in total. The summed E-state index contributed by atoms with van der Waals surface area (Å²) in [7, 11) is 0. The van der Waals surface area contributed by atoms with Crippen molar-refractivity contribution in [1.82, 2.24) is 10.1 Å². The second-order valence-electron chi connectivity index (χ2n) is 7.98. The minimum Gasteiger partial charge on any atom is -0.360 e. The Hall–Kier alpha value is -1.16. The molecule has 2 unspecified atom stereocenters. The van der Waals surface area contributed by atoms with Crippen LogP contribution in [0, 0.1) is 11.8 Å². The molecular weight excluding hydrogens is 288 g/mol. The van der Waals surface area contributed by atoms with Crippen LogP contribution in [-0.2, 0) is 0 Å². The minimum absolute atomic E-state index is 0.161. The molecule has 3 aliphatic rings. The fourth-order valence-corrected chi connectivity index (χ4v) is 4.13. The Morgan fingerprint density at radius 1 is 1.30 bits per heavy atom. The zero-order valence-corrected chi connectivity index (χ0v) is 14.2. The van der Waals surface area contributed by atoms with Crippen molar-refractivity contribution in [2.75, 3.05) is 13.1 Å². The zero-order chi connectivity index (χ0) is 15.8. The number of carbonyl (C=O) groups excluding carboxylic acids is 1. The Bertz CT molecular complexity index is 559. The lowest BCUT2D eigenvalue weighted by Gasteiger charge is -2.43. The van der Waals surface area contributed by atoms with Gasteiger partial charge in [0.1, 0.15) is 11.5 Å². The predicted molar refractivity (Wildman–Crippen MR) is 88.5 cm³/mol. The molecule has 0 bridgehead atoms. The van der Waals surface area contributed by atoms with Crippen molar-refractivity contribution in [2.45, 2.75) is 70.3 Å². The van der Waals surface area contributed by atoms with Crippen molar-refractivity contribution in [2.24, 2.45) is 11.8 Å². The van der Waals surface area contributed by atoms with Gasteiger partial charge in [-0.15, -0.1) is 0 Å². The van der Waals surface area contributed by atoms with E-state index >= 15 is 0 Å². The van der Waals surface area contributed by atoms with E-state index in [4.69, 9.17) is 4.52 Å². The number of nitrogens with zero attached hydrogens (tertiary/aromatic N) is 2. The molecular formula is C19H28N2O2. The van der Waals surface area contributed by atoms with Crippen LogP contribution >= 0.6 is 0 Å². The van der Waals surface area contributed by atoms with E-state index in [9.17, 15) is 4.79 Å². The monoisotopic (exact) mass is 316 g/mol. The maximum Gasteiger partial charge on any atom is 0.185 e. The molecule has 1 saturated heterocycles. The van der Waals surface area contributed by atoms with Gasteiger partial charge in [0.05, 0.1) is 0 Å². The molecule has 4 heteroatoms. The summed E-state index contributed by atoms with van der Waals surface area (Å²) in [6, 6.07) is 2.71. The molecule has 4 nitrogen and oxygen atoms in total. The molecule has 1 aromatic rings. The Morgan fingerprint density at radius 2 is 2.13 bits per heavy atom. The Kier molecular flexibility index (Phi) is 4.27. The standard InChI is InChI=1S/C19H28N2O2/c1-13(15-4-3-9-21(12-15)16-5-2-6-16)10-18(22)17-11-19(23-20-17)14-7-8-14/h11,13-16H,2-10,12H2,1H3. The highest BCUT2D eigenvalue weighted by Crippen LogP contribution is 2.40. The topological polar surface area (TPSA) is 46.3 Å². The third-order valence-corrected chi connectivity index (χ3v) is 6.19. The molecule has 2 heterocycles. The van der Waals surface area contributed by atoms with Gasteiger partial charge in [0.25, 0.3) is 0 Å². The highest BCUT2D eigenvalue weighted by atomic mass is 16.5. The molecule has 2 aliphatic carbocycles. The lowest BCUT2D eigenvalue weighted by atomic mass is 9.81. The maximum absolute atomic E-state index is 12.5. The fraction of sp³-hybridized carbons (Fsp3) is 0.789. The van der Waals surface area contributed by atoms with Crippen LogP contribution in [0.15, 0.2) is 10.6 Å². The van der Waals surface area contributed by atoms with Gasteiger partial charge in [0.2, 0.25) is 0 Å². The van der Waals surface area contributed by atoms with E-state index in [2.05, 4.69) is 17.0 Å². The summed E-state index contributed by atoms with van der Waals surface area (Å²) in [6.45, 7) is 4.69. The molecule has 126 valence electrons. The predicted octanol–water partition coefficient (Wildman–Crippen LogP) is 4.03. The molecule has 3 fully saturated rings. The van der Waals surface area contributed by atoms with E-state index in [-0.39, 0.29) is 5.78 Å². The molecule has 4 rings (SSSR count). The van der Waals surface area contributed by atoms with Crippen molar-refractivity contribution >= 4 is 5.78 Å². The summed E-state index contributed by atoms with van der Waals surface area (Å²) in [5.74, 6) is 2.69. The highest BCUT2D eigenvalue weighted by Gasteiger charge is 2.33. The van der Waals surface area contributed by atoms with Gasteiger partial charge < -0.3 is 9.42 Å². The van der Waals surface area contributed by atoms with Gasteiger partial charge in [-0.25, -0.2) is 0 Å². The van der Waals surface area contributed by atoms with E-state index in [0.717, 1.165) is 11.8 Å². The highest BCUT2D eigenvalue weighted by molar-refractivity contribution is 5.94. The van der Waals surface area contributed by atoms with Crippen molar-refractivity contribution in [3.63, 3.8) is 0 Å². The molecule has 1 aromatic heterocycles. The molecule has 0 amide bonds. The normalized spacial score (nSPS) is 27.6. The van der Waals surface area contributed by atoms with Gasteiger partial charge in [-0.3, -0.25) is 4.79 Å². The van der Waals surface area contributed by atoms with Crippen LogP contribution in [0.2, 0.25) is 0 Å². The quantitative estimate of drug-likeness (QED) is 0.744. The Labute approximate surface area is 138 Å². The van der Waals surface area contributed by atoms with Crippen LogP contribution < -0.4 is 0 Å². The van der Waals surface area contributed by atoms with Crippen molar-refractivity contribution in [1.29, 1.82) is 0 Å². The average Bonchev–Trinajstić information content (AvgIpc) is 3.23. The van der Waals surface area contributed by atoms with Gasteiger partial charge in [0.15, 0.2) is 5.78 Å². The SMILES string of the molecule is CC(CC(=O)c1cc(C2CC2)on1)C1CCCN(C2CCC2)C1. The van der Waals surface area contributed by atoms with Crippen molar-refractivity contribution in [3.8, 4) is 0 Å². The number of rotatable bonds is 6. The Balaban J connectivity index is 1.32. The summed E-state index contributed by atoms with van der Waals surface area (Å²) in [6.07, 6.45) is 9.68. The fourth-order valence-electron chi connectivity index (χ4n) is 4.13. The summed E-state index contributed by atoms with van der Waals surface area (Å²) < 4.78 is 5.33. The van der Waals surface area contributed by atoms with Crippen LogP contribution in [0.3, 0.4) is 0 Å². The summed E-state index contributed by atoms with van der Waals surface area (Å²) in [5.41, 5.74) is 0.547. The lowest BCUT2D eigenvalue weighted by molar-refractivity contribution is 0.0570. The minimum atomic E-state index is 0.161. The van der Waals surface area contributed by atoms with Crippen LogP contribution in [0.4, 0.5) is 0 Å². The van der Waals surface area contributed by atoms with E-state index in [1.54, 1.807) is 0 Å². The number of hydrogen-bond acceptors (Lipinski definition) is 4. The molecule has 23 heavy (non-hydrogen) atoms. The molecule has 0 spiro atoms. The summed E-state index contributed by atoms with van der Waals surface area (Å²) in [4.78, 5) is 15.2. The lowest BCUT2D eigenvalue weighted by Crippen LogP contribution is -2.47. The number of likely N-dealkylation sites (tertiary alicyclic amines) is 1. The van der Waals surface area contributed by atoms with E-state index in [1.165, 1.54) is 58.0 Å². The second-order valence-corrected chi connectivity index (χ2v) is 7.98. The van der Waals surface area contributed by atoms with Gasteiger partial charge in [-0.2, -0.15) is 0 Å². The summed E-state index contributed by atoms with van der Waals surface area (Å²) in [5, 5.41) is 4.01. The van der Waals surface area contributed by atoms with E-state index in [1.807, 2.05) is 6.07 Å². The number of Topliss-reactive ketones (excluding diaryl/α,β-unsaturated/α-hetero) is 1. The first kappa shape index (κ1) is 15.4. The van der Waals surface area contributed by atoms with Crippen LogP contribution in [0.5, 0.6) is 0 Å². The van der Waals surface area contributed by atoms with Crippen LogP contribution in [0.25, 0.3) is 0 Å². The number of carbonyl (C=O) groups is 1. The first-order chi connectivity index (χ1) is 11.2. The molecule has 0 radical (unpaired) electrons. The van der Waals surface area contributed by atoms with Gasteiger partial charge in [-0.1, -0.05) is 18.5 Å². The van der Waals surface area contributed by atoms with E-state index in [0.29, 0.717) is 29.9 Å². The van der Waals surface area contributed by atoms with Crippen molar-refractivity contribution in [3.05, 3.63) is 17.5 Å². The van der Waals surface area contributed by atoms with Crippen molar-refractivity contribution < 1.29 is 9.32 Å². The first-order valence-electron chi connectivity index (χ1n) is 9.44. The molecule has 2 atom stereocenters. The largest absolute Gasteiger partial charge is 0.360 e. The molecule has 2 saturated carbocycles. The third-order valence-electron chi connectivity index (χ3n) is 6.19. The van der Waals surface area contributed by atoms with Gasteiger partial charge >= 0.3 is 0 Å². The summed E-state index contributed by atoms with van der Waals surface area (Å²) >= 11 is 0. The number of hydrogen-bond donors (Lipinski definition) is 0. The smallest absolute Gasteiger partial charge is 0.185 e. The van der Waals surface area contributed by atoms with Crippen LogP contribution in [-0.4, -0.2) is 35.0 Å². The maximum atomic E-state index is 12.5. The van der Waals surface area contributed by atoms with Gasteiger partial charge in [0, 0.05) is 31.0 Å². The van der Waals surface area contributed by atoms with E-state index < -0.39 is 0 Å². The number of piperidine rings is 1. The molecule has 0 aromatic carbocycles. The number of ketones is 1. The zero-order valence-electron chi connectivity index (χ0n) is 14.2. The molecule has 1 aliphatic heterocycles. The Morgan fingerprint density at radius 3 is 2.83 bits per heavy atom. The first-order valence-corrected chi connectivity index (χ1v) is 9.44.